The van der Waals surface area contributed by atoms with Gasteiger partial charge in [0.15, 0.2) is 0 Å². The summed E-state index contributed by atoms with van der Waals surface area (Å²) in [5.74, 6) is 0.869. The summed E-state index contributed by atoms with van der Waals surface area (Å²) in [6.07, 6.45) is 5.81. The van der Waals surface area contributed by atoms with Crippen molar-refractivity contribution in [3.8, 4) is 5.75 Å². The van der Waals surface area contributed by atoms with Crippen molar-refractivity contribution in [3.05, 3.63) is 77.6 Å². The zero-order valence-electron chi connectivity index (χ0n) is 14.3. The van der Waals surface area contributed by atoms with Crippen LogP contribution in [0.4, 0.5) is 17.1 Å². The highest BCUT2D eigenvalue weighted by atomic mass is 16.5. The molecular formula is C21H21N3O. The van der Waals surface area contributed by atoms with Crippen LogP contribution in [0.5, 0.6) is 5.75 Å². The second kappa shape index (κ2) is 6.48. The first-order chi connectivity index (χ1) is 12.2. The zero-order chi connectivity index (χ0) is 17.2. The number of pyridine rings is 1. The molecule has 0 saturated heterocycles. The van der Waals surface area contributed by atoms with E-state index >= 15 is 0 Å². The third-order valence-electron chi connectivity index (χ3n) is 4.73. The van der Waals surface area contributed by atoms with Crippen LogP contribution in [0.2, 0.25) is 0 Å². The van der Waals surface area contributed by atoms with Crippen molar-refractivity contribution in [2.75, 3.05) is 17.7 Å². The van der Waals surface area contributed by atoms with E-state index in [1.165, 1.54) is 28.1 Å². The topological polar surface area (TPSA) is 51.4 Å². The summed E-state index contributed by atoms with van der Waals surface area (Å²) < 4.78 is 5.27. The van der Waals surface area contributed by atoms with Gasteiger partial charge in [-0.3, -0.25) is 4.98 Å². The first-order valence-corrected chi connectivity index (χ1v) is 8.46. The highest BCUT2D eigenvalue weighted by molar-refractivity contribution is 5.73. The number of nitrogens with zero attached hydrogens (tertiary/aromatic N) is 2. The van der Waals surface area contributed by atoms with Crippen LogP contribution < -0.4 is 15.4 Å². The quantitative estimate of drug-likeness (QED) is 0.734. The Labute approximate surface area is 147 Å². The minimum absolute atomic E-state index is 0.775. The Morgan fingerprint density at radius 3 is 2.60 bits per heavy atom. The van der Waals surface area contributed by atoms with E-state index < -0.39 is 0 Å². The summed E-state index contributed by atoms with van der Waals surface area (Å²) in [6.45, 7) is 0.775. The van der Waals surface area contributed by atoms with E-state index in [1.807, 2.05) is 30.6 Å². The van der Waals surface area contributed by atoms with Crippen LogP contribution in [0.25, 0.3) is 0 Å². The van der Waals surface area contributed by atoms with Gasteiger partial charge in [0.2, 0.25) is 0 Å². The van der Waals surface area contributed by atoms with E-state index in [9.17, 15) is 0 Å². The third-order valence-corrected chi connectivity index (χ3v) is 4.73. The minimum Gasteiger partial charge on any atom is -0.497 e. The van der Waals surface area contributed by atoms with Crippen LogP contribution in [0.1, 0.15) is 16.7 Å². The van der Waals surface area contributed by atoms with Crippen LogP contribution in [0.15, 0.2) is 60.9 Å². The maximum absolute atomic E-state index is 6.09. The molecule has 4 nitrogen and oxygen atoms in total. The van der Waals surface area contributed by atoms with Crippen molar-refractivity contribution >= 4 is 17.1 Å². The number of hydrogen-bond donors (Lipinski definition) is 1. The fourth-order valence-electron chi connectivity index (χ4n) is 3.40. The van der Waals surface area contributed by atoms with Gasteiger partial charge < -0.3 is 15.4 Å². The first kappa shape index (κ1) is 15.5. The van der Waals surface area contributed by atoms with Gasteiger partial charge in [-0.05, 0) is 59.9 Å². The number of hydrogen-bond acceptors (Lipinski definition) is 4. The van der Waals surface area contributed by atoms with E-state index in [0.717, 1.165) is 30.8 Å². The SMILES string of the molecule is COc1ccc(CN2c3ccncc3CCc3ccc(N)cc32)cc1. The lowest BCUT2D eigenvalue weighted by Crippen LogP contribution is -2.18. The Bertz CT molecular complexity index is 890. The number of nitrogen functional groups attached to an aromatic ring is 1. The van der Waals surface area contributed by atoms with E-state index in [0.29, 0.717) is 0 Å². The Hall–Kier alpha value is -3.01. The molecule has 1 aliphatic rings. The van der Waals surface area contributed by atoms with Gasteiger partial charge in [0, 0.05) is 36.0 Å². The predicted molar refractivity (Wildman–Crippen MR) is 101 cm³/mol. The lowest BCUT2D eigenvalue weighted by molar-refractivity contribution is 0.414. The molecule has 25 heavy (non-hydrogen) atoms. The van der Waals surface area contributed by atoms with Crippen LogP contribution in [0, 0.1) is 0 Å². The molecule has 0 atom stereocenters. The molecule has 0 aliphatic carbocycles. The number of aromatic nitrogens is 1. The number of benzene rings is 2. The van der Waals surface area contributed by atoms with Crippen LogP contribution in [-0.4, -0.2) is 12.1 Å². The lowest BCUT2D eigenvalue weighted by atomic mass is 10.1. The highest BCUT2D eigenvalue weighted by Gasteiger charge is 2.21. The largest absolute Gasteiger partial charge is 0.497 e. The second-order valence-corrected chi connectivity index (χ2v) is 6.33. The van der Waals surface area contributed by atoms with Gasteiger partial charge >= 0.3 is 0 Å². The smallest absolute Gasteiger partial charge is 0.118 e. The van der Waals surface area contributed by atoms with E-state index in [1.54, 1.807) is 7.11 Å². The molecule has 2 N–H and O–H groups in total. The van der Waals surface area contributed by atoms with Crippen LogP contribution in [-0.2, 0) is 19.4 Å². The molecular weight excluding hydrogens is 310 g/mol. The Morgan fingerprint density at radius 2 is 1.80 bits per heavy atom. The molecule has 0 saturated carbocycles. The van der Waals surface area contributed by atoms with E-state index in [2.05, 4.69) is 40.2 Å². The van der Waals surface area contributed by atoms with Crippen molar-refractivity contribution in [2.24, 2.45) is 0 Å². The molecule has 1 aromatic heterocycles. The van der Waals surface area contributed by atoms with Crippen molar-refractivity contribution in [2.45, 2.75) is 19.4 Å². The Balaban J connectivity index is 1.79. The summed E-state index contributed by atoms with van der Waals surface area (Å²) in [5.41, 5.74) is 13.1. The average molecular weight is 331 g/mol. The molecule has 0 fully saturated rings. The van der Waals surface area contributed by atoms with Gasteiger partial charge in [-0.15, -0.1) is 0 Å². The monoisotopic (exact) mass is 331 g/mol. The highest BCUT2D eigenvalue weighted by Crippen LogP contribution is 2.37. The molecule has 0 spiro atoms. The zero-order valence-corrected chi connectivity index (χ0v) is 14.3. The van der Waals surface area contributed by atoms with Gasteiger partial charge in [-0.25, -0.2) is 0 Å². The van der Waals surface area contributed by atoms with Crippen molar-refractivity contribution in [3.63, 3.8) is 0 Å². The number of anilines is 3. The molecule has 2 aromatic carbocycles. The predicted octanol–water partition coefficient (Wildman–Crippen LogP) is 4.11. The standard InChI is InChI=1S/C21H21N3O/c1-25-19-8-2-15(3-9-19)14-24-20-10-11-23-13-17(20)5-4-16-6-7-18(22)12-21(16)24/h2-3,6-13H,4-5,14,22H2,1H3. The van der Waals surface area contributed by atoms with Crippen LogP contribution >= 0.6 is 0 Å². The number of fused-ring (bicyclic) bond motifs is 2. The third kappa shape index (κ3) is 3.03. The number of ether oxygens (including phenoxy) is 1. The van der Waals surface area contributed by atoms with Crippen molar-refractivity contribution in [1.29, 1.82) is 0 Å². The van der Waals surface area contributed by atoms with E-state index in [-0.39, 0.29) is 0 Å². The molecule has 3 aromatic rings. The van der Waals surface area contributed by atoms with Crippen LogP contribution in [0.3, 0.4) is 0 Å². The molecule has 4 heteroatoms. The summed E-state index contributed by atoms with van der Waals surface area (Å²) in [4.78, 5) is 6.66. The first-order valence-electron chi connectivity index (χ1n) is 8.46. The number of nitrogens with two attached hydrogens (primary N) is 1. The number of aryl methyl sites for hydroxylation is 2. The maximum Gasteiger partial charge on any atom is 0.118 e. The molecule has 1 aliphatic heterocycles. The van der Waals surface area contributed by atoms with Gasteiger partial charge in [0.1, 0.15) is 5.75 Å². The summed E-state index contributed by atoms with van der Waals surface area (Å²) in [7, 11) is 1.69. The minimum atomic E-state index is 0.775. The van der Waals surface area contributed by atoms with Gasteiger partial charge in [-0.1, -0.05) is 18.2 Å². The fraction of sp³-hybridized carbons (Fsp3) is 0.190. The van der Waals surface area contributed by atoms with Crippen molar-refractivity contribution < 1.29 is 4.74 Å². The summed E-state index contributed by atoms with van der Waals surface area (Å²) in [5, 5.41) is 0. The number of methoxy groups -OCH3 is 1. The molecule has 0 radical (unpaired) electrons. The normalized spacial score (nSPS) is 12.9. The summed E-state index contributed by atoms with van der Waals surface area (Å²) in [6, 6.07) is 16.5. The Morgan fingerprint density at radius 1 is 1.00 bits per heavy atom. The molecule has 0 bridgehead atoms. The van der Waals surface area contributed by atoms with E-state index in [4.69, 9.17) is 10.5 Å². The molecule has 0 amide bonds. The second-order valence-electron chi connectivity index (χ2n) is 6.33. The molecule has 0 unspecified atom stereocenters. The molecule has 2 heterocycles. The maximum atomic E-state index is 6.09. The molecule has 126 valence electrons. The molecule has 4 rings (SSSR count). The van der Waals surface area contributed by atoms with Gasteiger partial charge in [0.25, 0.3) is 0 Å². The fourth-order valence-corrected chi connectivity index (χ4v) is 3.40. The average Bonchev–Trinajstić information content (AvgIpc) is 2.80. The van der Waals surface area contributed by atoms with Gasteiger partial charge in [-0.2, -0.15) is 0 Å². The lowest BCUT2D eigenvalue weighted by Gasteiger charge is -2.27. The Kier molecular flexibility index (Phi) is 4.02. The number of rotatable bonds is 3. The van der Waals surface area contributed by atoms with Crippen molar-refractivity contribution in [1.82, 2.24) is 4.98 Å². The summed E-state index contributed by atoms with van der Waals surface area (Å²) >= 11 is 0. The van der Waals surface area contributed by atoms with Gasteiger partial charge in [0.05, 0.1) is 7.11 Å².